The number of hydrogen-bond acceptors (Lipinski definition) is 4. The number of aryl methyl sites for hydroxylation is 1. The fourth-order valence-corrected chi connectivity index (χ4v) is 2.62. The molecule has 18 heavy (non-hydrogen) atoms. The van der Waals surface area contributed by atoms with Crippen LogP contribution >= 0.6 is 11.3 Å². The van der Waals surface area contributed by atoms with Gasteiger partial charge in [0.05, 0.1) is 11.6 Å². The van der Waals surface area contributed by atoms with Crippen LogP contribution in [0.2, 0.25) is 0 Å². The van der Waals surface area contributed by atoms with Crippen molar-refractivity contribution in [1.29, 1.82) is 0 Å². The maximum Gasteiger partial charge on any atom is 0.220 e. The minimum atomic E-state index is 0.122. The quantitative estimate of drug-likeness (QED) is 0.760. The molecule has 0 aliphatic carbocycles. The highest BCUT2D eigenvalue weighted by molar-refractivity contribution is 7.11. The largest absolute Gasteiger partial charge is 0.351 e. The highest BCUT2D eigenvalue weighted by Gasteiger charge is 2.09. The second-order valence-electron chi connectivity index (χ2n) is 4.51. The molecule has 0 fully saturated rings. The summed E-state index contributed by atoms with van der Waals surface area (Å²) in [6, 6.07) is 0. The summed E-state index contributed by atoms with van der Waals surface area (Å²) in [7, 11) is 0. The predicted octanol–water partition coefficient (Wildman–Crippen LogP) is 2.22. The molecule has 0 spiro atoms. The molecule has 3 N–H and O–H groups in total. The Bertz CT molecular complexity index is 365. The first-order valence-corrected chi connectivity index (χ1v) is 7.35. The van der Waals surface area contributed by atoms with Gasteiger partial charge in [-0.15, -0.1) is 11.3 Å². The molecule has 0 saturated carbocycles. The van der Waals surface area contributed by atoms with Crippen molar-refractivity contribution in [2.75, 3.05) is 6.54 Å². The van der Waals surface area contributed by atoms with Crippen molar-refractivity contribution >= 4 is 17.2 Å². The van der Waals surface area contributed by atoms with Gasteiger partial charge in [0.15, 0.2) is 0 Å². The first kappa shape index (κ1) is 15.1. The van der Waals surface area contributed by atoms with Crippen LogP contribution < -0.4 is 11.1 Å². The number of amides is 1. The Hall–Kier alpha value is -0.940. The molecule has 4 nitrogen and oxygen atoms in total. The van der Waals surface area contributed by atoms with Crippen LogP contribution in [-0.4, -0.2) is 17.4 Å². The predicted molar refractivity (Wildman–Crippen MR) is 75.4 cm³/mol. The van der Waals surface area contributed by atoms with Gasteiger partial charge in [-0.3, -0.25) is 4.79 Å². The van der Waals surface area contributed by atoms with Gasteiger partial charge in [0.2, 0.25) is 5.91 Å². The molecule has 5 heteroatoms. The molecule has 1 atom stereocenters. The first-order valence-electron chi connectivity index (χ1n) is 6.53. The Morgan fingerprint density at radius 2 is 2.33 bits per heavy atom. The minimum absolute atomic E-state index is 0.122. The SMILES string of the molecule is CCC(CCN)CCC(=O)NCc1cnc(C)s1. The summed E-state index contributed by atoms with van der Waals surface area (Å²) in [5, 5.41) is 3.97. The van der Waals surface area contributed by atoms with Crippen molar-refractivity contribution in [3.63, 3.8) is 0 Å². The second-order valence-corrected chi connectivity index (χ2v) is 5.83. The van der Waals surface area contributed by atoms with Gasteiger partial charge in [0.25, 0.3) is 0 Å². The van der Waals surface area contributed by atoms with Crippen molar-refractivity contribution in [2.24, 2.45) is 11.7 Å². The molecule has 1 rings (SSSR count). The van der Waals surface area contributed by atoms with Crippen molar-refractivity contribution in [2.45, 2.75) is 46.1 Å². The number of carbonyl (C=O) groups is 1. The van der Waals surface area contributed by atoms with Crippen LogP contribution in [0.5, 0.6) is 0 Å². The molecule has 1 aromatic rings. The summed E-state index contributed by atoms with van der Waals surface area (Å²) in [6.45, 7) is 5.42. The lowest BCUT2D eigenvalue weighted by molar-refractivity contribution is -0.121. The normalized spacial score (nSPS) is 12.4. The molecule has 102 valence electrons. The van der Waals surface area contributed by atoms with Crippen LogP contribution in [0.1, 0.15) is 42.5 Å². The Morgan fingerprint density at radius 1 is 1.56 bits per heavy atom. The van der Waals surface area contributed by atoms with E-state index in [1.165, 1.54) is 0 Å². The topological polar surface area (TPSA) is 68.0 Å². The number of rotatable bonds is 8. The van der Waals surface area contributed by atoms with Crippen molar-refractivity contribution in [1.82, 2.24) is 10.3 Å². The van der Waals surface area contributed by atoms with E-state index in [2.05, 4.69) is 17.2 Å². The van der Waals surface area contributed by atoms with Crippen molar-refractivity contribution in [3.8, 4) is 0 Å². The number of nitrogens with zero attached hydrogens (tertiary/aromatic N) is 1. The highest BCUT2D eigenvalue weighted by Crippen LogP contribution is 2.15. The first-order chi connectivity index (χ1) is 8.65. The van der Waals surface area contributed by atoms with Crippen molar-refractivity contribution in [3.05, 3.63) is 16.1 Å². The lowest BCUT2D eigenvalue weighted by Crippen LogP contribution is -2.23. The summed E-state index contributed by atoms with van der Waals surface area (Å²) >= 11 is 1.62. The van der Waals surface area contributed by atoms with E-state index >= 15 is 0 Å². The summed E-state index contributed by atoms with van der Waals surface area (Å²) in [5.74, 6) is 0.697. The monoisotopic (exact) mass is 269 g/mol. The number of carbonyl (C=O) groups excluding carboxylic acids is 1. The van der Waals surface area contributed by atoms with Gasteiger partial charge in [0.1, 0.15) is 0 Å². The third-order valence-electron chi connectivity index (χ3n) is 3.06. The fraction of sp³-hybridized carbons (Fsp3) is 0.692. The van der Waals surface area contributed by atoms with Gasteiger partial charge in [0, 0.05) is 17.5 Å². The van der Waals surface area contributed by atoms with Crippen LogP contribution in [0.15, 0.2) is 6.20 Å². The maximum absolute atomic E-state index is 11.7. The third kappa shape index (κ3) is 5.60. The molecule has 0 bridgehead atoms. The molecule has 0 aliphatic rings. The molecule has 1 heterocycles. The van der Waals surface area contributed by atoms with Crippen LogP contribution in [0.25, 0.3) is 0 Å². The van der Waals surface area contributed by atoms with Gasteiger partial charge in [-0.05, 0) is 32.2 Å². The number of hydrogen-bond donors (Lipinski definition) is 2. The van der Waals surface area contributed by atoms with E-state index < -0.39 is 0 Å². The standard InChI is InChI=1S/C13H23N3OS/c1-3-11(6-7-14)4-5-13(17)16-9-12-8-15-10(2)18-12/h8,11H,3-7,9,14H2,1-2H3,(H,16,17). The molecular weight excluding hydrogens is 246 g/mol. The molecule has 1 unspecified atom stereocenters. The Morgan fingerprint density at radius 3 is 2.89 bits per heavy atom. The molecule has 0 saturated heterocycles. The summed E-state index contributed by atoms with van der Waals surface area (Å²) in [6.07, 6.45) is 5.46. The average Bonchev–Trinajstić information content (AvgIpc) is 2.77. The summed E-state index contributed by atoms with van der Waals surface area (Å²) < 4.78 is 0. The molecule has 0 aliphatic heterocycles. The number of nitrogens with two attached hydrogens (primary N) is 1. The zero-order valence-electron chi connectivity index (χ0n) is 11.2. The lowest BCUT2D eigenvalue weighted by Gasteiger charge is -2.12. The Kier molecular flexibility index (Phi) is 6.90. The van der Waals surface area contributed by atoms with E-state index in [-0.39, 0.29) is 5.91 Å². The Balaban J connectivity index is 2.21. The number of thiazole rings is 1. The van der Waals surface area contributed by atoms with E-state index in [0.29, 0.717) is 25.4 Å². The lowest BCUT2D eigenvalue weighted by atomic mass is 9.96. The maximum atomic E-state index is 11.7. The van der Waals surface area contributed by atoms with Gasteiger partial charge >= 0.3 is 0 Å². The summed E-state index contributed by atoms with van der Waals surface area (Å²) in [4.78, 5) is 17.0. The molecule has 1 aromatic heterocycles. The van der Waals surface area contributed by atoms with Crippen LogP contribution in [0.3, 0.4) is 0 Å². The van der Waals surface area contributed by atoms with Gasteiger partial charge in [-0.1, -0.05) is 13.3 Å². The van der Waals surface area contributed by atoms with Gasteiger partial charge < -0.3 is 11.1 Å². The zero-order chi connectivity index (χ0) is 13.4. The minimum Gasteiger partial charge on any atom is -0.351 e. The van der Waals surface area contributed by atoms with E-state index in [1.807, 2.05) is 13.1 Å². The molecule has 0 radical (unpaired) electrons. The van der Waals surface area contributed by atoms with E-state index in [9.17, 15) is 4.79 Å². The number of aromatic nitrogens is 1. The Labute approximate surface area is 113 Å². The highest BCUT2D eigenvalue weighted by atomic mass is 32.1. The molecular formula is C13H23N3OS. The van der Waals surface area contributed by atoms with Gasteiger partial charge in [-0.2, -0.15) is 0 Å². The van der Waals surface area contributed by atoms with E-state index in [1.54, 1.807) is 11.3 Å². The molecule has 1 amide bonds. The third-order valence-corrected chi connectivity index (χ3v) is 3.97. The van der Waals surface area contributed by atoms with Crippen LogP contribution in [0.4, 0.5) is 0 Å². The second kappa shape index (κ2) is 8.21. The van der Waals surface area contributed by atoms with E-state index in [4.69, 9.17) is 5.73 Å². The average molecular weight is 269 g/mol. The smallest absolute Gasteiger partial charge is 0.220 e. The fourth-order valence-electron chi connectivity index (χ4n) is 1.88. The van der Waals surface area contributed by atoms with E-state index in [0.717, 1.165) is 29.1 Å². The zero-order valence-corrected chi connectivity index (χ0v) is 12.1. The number of nitrogens with one attached hydrogen (secondary N) is 1. The summed E-state index contributed by atoms with van der Waals surface area (Å²) in [5.41, 5.74) is 5.54. The molecule has 0 aromatic carbocycles. The van der Waals surface area contributed by atoms with Crippen LogP contribution in [0, 0.1) is 12.8 Å². The van der Waals surface area contributed by atoms with Crippen LogP contribution in [-0.2, 0) is 11.3 Å². The van der Waals surface area contributed by atoms with Gasteiger partial charge in [-0.25, -0.2) is 4.98 Å². The van der Waals surface area contributed by atoms with Crippen molar-refractivity contribution < 1.29 is 4.79 Å².